The summed E-state index contributed by atoms with van der Waals surface area (Å²) in [4.78, 5) is 11.9. The molecule has 20 heavy (non-hydrogen) atoms. The molecule has 2 aliphatic heterocycles. The SMILES string of the molecule is CC1(C)CC(NC(=O)CCOC2CCNCC2)CCO1. The second kappa shape index (κ2) is 7.38. The molecule has 116 valence electrons. The van der Waals surface area contributed by atoms with Gasteiger partial charge in [-0.3, -0.25) is 4.79 Å². The molecular weight excluding hydrogens is 256 g/mol. The Morgan fingerprint density at radius 2 is 2.10 bits per heavy atom. The van der Waals surface area contributed by atoms with Crippen molar-refractivity contribution < 1.29 is 14.3 Å². The van der Waals surface area contributed by atoms with E-state index in [-0.39, 0.29) is 17.6 Å². The number of carbonyl (C=O) groups is 1. The molecule has 0 bridgehead atoms. The van der Waals surface area contributed by atoms with Crippen LogP contribution >= 0.6 is 0 Å². The molecule has 5 nitrogen and oxygen atoms in total. The monoisotopic (exact) mass is 284 g/mol. The molecule has 0 spiro atoms. The summed E-state index contributed by atoms with van der Waals surface area (Å²) in [6, 6.07) is 0.241. The van der Waals surface area contributed by atoms with Crippen LogP contribution in [0, 0.1) is 0 Å². The van der Waals surface area contributed by atoms with E-state index < -0.39 is 0 Å². The average Bonchev–Trinajstić information content (AvgIpc) is 2.38. The van der Waals surface area contributed by atoms with Gasteiger partial charge in [-0.2, -0.15) is 0 Å². The van der Waals surface area contributed by atoms with Crippen molar-refractivity contribution >= 4 is 5.91 Å². The highest BCUT2D eigenvalue weighted by Gasteiger charge is 2.29. The van der Waals surface area contributed by atoms with Gasteiger partial charge in [0.05, 0.1) is 18.3 Å². The van der Waals surface area contributed by atoms with Gasteiger partial charge in [-0.05, 0) is 52.6 Å². The third-order valence-electron chi connectivity index (χ3n) is 4.03. The maximum atomic E-state index is 11.9. The molecule has 2 rings (SSSR count). The lowest BCUT2D eigenvalue weighted by Crippen LogP contribution is -2.46. The van der Waals surface area contributed by atoms with E-state index >= 15 is 0 Å². The van der Waals surface area contributed by atoms with Gasteiger partial charge in [-0.1, -0.05) is 0 Å². The van der Waals surface area contributed by atoms with Crippen molar-refractivity contribution in [3.05, 3.63) is 0 Å². The summed E-state index contributed by atoms with van der Waals surface area (Å²) in [6.45, 7) is 7.45. The van der Waals surface area contributed by atoms with Crippen LogP contribution in [-0.2, 0) is 14.3 Å². The Hall–Kier alpha value is -0.650. The molecular formula is C15H28N2O3. The smallest absolute Gasteiger partial charge is 0.222 e. The fourth-order valence-corrected chi connectivity index (χ4v) is 2.94. The van der Waals surface area contributed by atoms with Crippen molar-refractivity contribution in [1.82, 2.24) is 10.6 Å². The van der Waals surface area contributed by atoms with Crippen molar-refractivity contribution in [1.29, 1.82) is 0 Å². The summed E-state index contributed by atoms with van der Waals surface area (Å²) in [5.41, 5.74) is -0.123. The lowest BCUT2D eigenvalue weighted by molar-refractivity contribution is -0.125. The third-order valence-corrected chi connectivity index (χ3v) is 4.03. The zero-order valence-electron chi connectivity index (χ0n) is 12.7. The highest BCUT2D eigenvalue weighted by atomic mass is 16.5. The maximum Gasteiger partial charge on any atom is 0.222 e. The van der Waals surface area contributed by atoms with E-state index in [1.54, 1.807) is 0 Å². The average molecular weight is 284 g/mol. The Balaban J connectivity index is 1.60. The van der Waals surface area contributed by atoms with Crippen LogP contribution in [0.2, 0.25) is 0 Å². The molecule has 5 heteroatoms. The molecule has 2 heterocycles. The number of hydrogen-bond acceptors (Lipinski definition) is 4. The van der Waals surface area contributed by atoms with Crippen LogP contribution < -0.4 is 10.6 Å². The van der Waals surface area contributed by atoms with Gasteiger partial charge in [-0.25, -0.2) is 0 Å². The second-order valence-corrected chi connectivity index (χ2v) is 6.44. The predicted molar refractivity (Wildman–Crippen MR) is 77.7 cm³/mol. The van der Waals surface area contributed by atoms with Gasteiger partial charge in [0.1, 0.15) is 0 Å². The Kier molecular flexibility index (Phi) is 5.81. The van der Waals surface area contributed by atoms with Gasteiger partial charge >= 0.3 is 0 Å². The number of ether oxygens (including phenoxy) is 2. The highest BCUT2D eigenvalue weighted by Crippen LogP contribution is 2.23. The van der Waals surface area contributed by atoms with Crippen molar-refractivity contribution in [2.24, 2.45) is 0 Å². The van der Waals surface area contributed by atoms with E-state index in [0.29, 0.717) is 19.1 Å². The van der Waals surface area contributed by atoms with Crippen LogP contribution in [0.3, 0.4) is 0 Å². The minimum Gasteiger partial charge on any atom is -0.378 e. The first-order valence-electron chi connectivity index (χ1n) is 7.81. The fourth-order valence-electron chi connectivity index (χ4n) is 2.94. The first-order valence-corrected chi connectivity index (χ1v) is 7.81. The van der Waals surface area contributed by atoms with Crippen molar-refractivity contribution in [2.45, 2.75) is 63.7 Å². The number of piperidine rings is 1. The summed E-state index contributed by atoms with van der Waals surface area (Å²) in [7, 11) is 0. The molecule has 0 aromatic rings. The van der Waals surface area contributed by atoms with E-state index in [1.807, 2.05) is 0 Å². The van der Waals surface area contributed by atoms with Crippen LogP contribution in [0.25, 0.3) is 0 Å². The van der Waals surface area contributed by atoms with Crippen LogP contribution in [0.15, 0.2) is 0 Å². The summed E-state index contributed by atoms with van der Waals surface area (Å²) >= 11 is 0. The maximum absolute atomic E-state index is 11.9. The van der Waals surface area contributed by atoms with Gasteiger partial charge in [0.2, 0.25) is 5.91 Å². The largest absolute Gasteiger partial charge is 0.378 e. The van der Waals surface area contributed by atoms with Crippen LogP contribution in [-0.4, -0.2) is 50.0 Å². The van der Waals surface area contributed by atoms with E-state index in [4.69, 9.17) is 9.47 Å². The molecule has 0 aromatic carbocycles. The lowest BCUT2D eigenvalue weighted by Gasteiger charge is -2.35. The number of hydrogen-bond donors (Lipinski definition) is 2. The van der Waals surface area contributed by atoms with Gasteiger partial charge < -0.3 is 20.1 Å². The first-order chi connectivity index (χ1) is 9.55. The predicted octanol–water partition coefficient (Wildman–Crippen LogP) is 1.22. The van der Waals surface area contributed by atoms with Crippen LogP contribution in [0.5, 0.6) is 0 Å². The molecule has 2 aliphatic rings. The molecule has 2 N–H and O–H groups in total. The van der Waals surface area contributed by atoms with Gasteiger partial charge in [0, 0.05) is 19.1 Å². The molecule has 1 unspecified atom stereocenters. The van der Waals surface area contributed by atoms with Crippen molar-refractivity contribution in [3.8, 4) is 0 Å². The number of nitrogens with one attached hydrogen (secondary N) is 2. The highest BCUT2D eigenvalue weighted by molar-refractivity contribution is 5.76. The zero-order chi connectivity index (χ0) is 14.4. The molecule has 1 amide bonds. The fraction of sp³-hybridized carbons (Fsp3) is 0.933. The van der Waals surface area contributed by atoms with E-state index in [2.05, 4.69) is 24.5 Å². The van der Waals surface area contributed by atoms with Gasteiger partial charge in [0.25, 0.3) is 0 Å². The van der Waals surface area contributed by atoms with Crippen molar-refractivity contribution in [3.63, 3.8) is 0 Å². The third kappa shape index (κ3) is 5.38. The molecule has 0 aliphatic carbocycles. The number of rotatable bonds is 5. The quantitative estimate of drug-likeness (QED) is 0.797. The standard InChI is InChI=1S/C15H28N2O3/c1-15(2)11-12(5-10-20-15)17-14(18)6-9-19-13-3-7-16-8-4-13/h12-13,16H,3-11H2,1-2H3,(H,17,18). The number of carbonyl (C=O) groups excluding carboxylic acids is 1. The molecule has 1 atom stereocenters. The second-order valence-electron chi connectivity index (χ2n) is 6.44. The first kappa shape index (κ1) is 15.7. The van der Waals surface area contributed by atoms with E-state index in [9.17, 15) is 4.79 Å². The molecule has 2 fully saturated rings. The molecule has 0 saturated carbocycles. The van der Waals surface area contributed by atoms with Crippen molar-refractivity contribution in [2.75, 3.05) is 26.3 Å². The Morgan fingerprint density at radius 1 is 1.35 bits per heavy atom. The minimum atomic E-state index is -0.123. The number of amides is 1. The Labute approximate surface area is 121 Å². The summed E-state index contributed by atoms with van der Waals surface area (Å²) in [6.07, 6.45) is 4.68. The zero-order valence-corrected chi connectivity index (χ0v) is 12.7. The Bertz CT molecular complexity index is 314. The topological polar surface area (TPSA) is 59.6 Å². The molecule has 2 saturated heterocycles. The Morgan fingerprint density at radius 3 is 2.80 bits per heavy atom. The summed E-state index contributed by atoms with van der Waals surface area (Å²) in [5.74, 6) is 0.0987. The van der Waals surface area contributed by atoms with E-state index in [0.717, 1.165) is 45.4 Å². The minimum absolute atomic E-state index is 0.0987. The van der Waals surface area contributed by atoms with Crippen LogP contribution in [0.4, 0.5) is 0 Å². The molecule has 0 radical (unpaired) electrons. The lowest BCUT2D eigenvalue weighted by atomic mass is 9.94. The van der Waals surface area contributed by atoms with E-state index in [1.165, 1.54) is 0 Å². The summed E-state index contributed by atoms with van der Waals surface area (Å²) < 4.78 is 11.4. The summed E-state index contributed by atoms with van der Waals surface area (Å²) in [5, 5.41) is 6.41. The normalized spacial score (nSPS) is 27.2. The van der Waals surface area contributed by atoms with Crippen LogP contribution in [0.1, 0.15) is 46.0 Å². The molecule has 0 aromatic heterocycles. The van der Waals surface area contributed by atoms with Gasteiger partial charge in [0.15, 0.2) is 0 Å². The van der Waals surface area contributed by atoms with Gasteiger partial charge in [-0.15, -0.1) is 0 Å².